The highest BCUT2D eigenvalue weighted by Gasteiger charge is 2.12. The molecule has 0 saturated carbocycles. The van der Waals surface area contributed by atoms with Gasteiger partial charge >= 0.3 is 5.97 Å². The summed E-state index contributed by atoms with van der Waals surface area (Å²) in [6.07, 6.45) is 1.94. The van der Waals surface area contributed by atoms with Gasteiger partial charge in [-0.15, -0.1) is 11.8 Å². The number of hydrogen-bond donors (Lipinski definition) is 3. The molecule has 6 heteroatoms. The van der Waals surface area contributed by atoms with E-state index in [9.17, 15) is 14.7 Å². The Morgan fingerprint density at radius 1 is 1.05 bits per heavy atom. The van der Waals surface area contributed by atoms with Crippen molar-refractivity contribution in [2.75, 3.05) is 11.6 Å². The van der Waals surface area contributed by atoms with Gasteiger partial charge in [-0.3, -0.25) is 4.79 Å². The van der Waals surface area contributed by atoms with Crippen LogP contribution in [0.25, 0.3) is 0 Å². The number of hydrogen-bond acceptors (Lipinski definition) is 4. The normalized spacial score (nSPS) is 10.1. The van der Waals surface area contributed by atoms with E-state index in [1.165, 1.54) is 18.2 Å². The summed E-state index contributed by atoms with van der Waals surface area (Å²) in [7, 11) is 0. The van der Waals surface area contributed by atoms with Crippen molar-refractivity contribution in [3.63, 3.8) is 0 Å². The van der Waals surface area contributed by atoms with Gasteiger partial charge in [-0.2, -0.15) is 0 Å². The van der Waals surface area contributed by atoms with E-state index in [1.807, 2.05) is 18.4 Å². The monoisotopic (exact) mass is 303 g/mol. The number of amides is 1. The number of carbonyl (C=O) groups excluding carboxylic acids is 1. The first-order valence-corrected chi connectivity index (χ1v) is 7.25. The fourth-order valence-corrected chi connectivity index (χ4v) is 2.11. The summed E-state index contributed by atoms with van der Waals surface area (Å²) >= 11 is 1.56. The molecule has 108 valence electrons. The van der Waals surface area contributed by atoms with E-state index in [2.05, 4.69) is 5.32 Å². The summed E-state index contributed by atoms with van der Waals surface area (Å²) in [4.78, 5) is 24.0. The van der Waals surface area contributed by atoms with Crippen LogP contribution in [0.1, 0.15) is 20.7 Å². The number of rotatable bonds is 4. The number of carboxylic acid groups (broad SMARTS) is 1. The highest BCUT2D eigenvalue weighted by Crippen LogP contribution is 2.25. The average molecular weight is 303 g/mol. The summed E-state index contributed by atoms with van der Waals surface area (Å²) in [5.74, 6) is -1.73. The molecule has 0 aromatic heterocycles. The van der Waals surface area contributed by atoms with Crippen LogP contribution in [0.15, 0.2) is 47.4 Å². The van der Waals surface area contributed by atoms with Gasteiger partial charge in [-0.25, -0.2) is 4.79 Å². The van der Waals surface area contributed by atoms with Crippen LogP contribution in [-0.2, 0) is 0 Å². The van der Waals surface area contributed by atoms with Gasteiger partial charge < -0.3 is 15.5 Å². The van der Waals surface area contributed by atoms with E-state index in [1.54, 1.807) is 23.9 Å². The number of anilines is 1. The highest BCUT2D eigenvalue weighted by atomic mass is 32.2. The lowest BCUT2D eigenvalue weighted by Crippen LogP contribution is -2.12. The molecule has 3 N–H and O–H groups in total. The fraction of sp³-hybridized carbons (Fsp3) is 0.0667. The first kappa shape index (κ1) is 14.9. The van der Waals surface area contributed by atoms with E-state index in [0.717, 1.165) is 4.90 Å². The van der Waals surface area contributed by atoms with E-state index in [0.29, 0.717) is 5.56 Å². The number of aromatic carboxylic acids is 1. The zero-order valence-corrected chi connectivity index (χ0v) is 12.0. The van der Waals surface area contributed by atoms with Crippen LogP contribution in [0.4, 0.5) is 5.69 Å². The Balaban J connectivity index is 2.22. The summed E-state index contributed by atoms with van der Waals surface area (Å²) in [5, 5.41) is 21.1. The van der Waals surface area contributed by atoms with E-state index in [4.69, 9.17) is 5.11 Å². The Bertz CT molecular complexity index is 683. The molecule has 0 atom stereocenters. The number of nitrogens with one attached hydrogen (secondary N) is 1. The molecule has 5 nitrogen and oxygen atoms in total. The number of aromatic hydroxyl groups is 1. The largest absolute Gasteiger partial charge is 0.506 e. The molecule has 2 aromatic rings. The topological polar surface area (TPSA) is 86.6 Å². The molecule has 0 unspecified atom stereocenters. The van der Waals surface area contributed by atoms with Crippen molar-refractivity contribution in [2.24, 2.45) is 0 Å². The lowest BCUT2D eigenvalue weighted by molar-refractivity contribution is 0.0696. The highest BCUT2D eigenvalue weighted by molar-refractivity contribution is 7.98. The van der Waals surface area contributed by atoms with Gasteiger partial charge in [0.15, 0.2) is 0 Å². The second-order valence-corrected chi connectivity index (χ2v) is 5.10. The van der Waals surface area contributed by atoms with Crippen molar-refractivity contribution in [3.8, 4) is 5.75 Å². The SMILES string of the molecule is CSc1ccc(C(=O)Nc2cc(C(=O)O)ccc2O)cc1. The van der Waals surface area contributed by atoms with Gasteiger partial charge in [0.05, 0.1) is 11.3 Å². The third-order valence-electron chi connectivity index (χ3n) is 2.84. The van der Waals surface area contributed by atoms with Crippen LogP contribution in [0.2, 0.25) is 0 Å². The minimum absolute atomic E-state index is 0.0131. The Morgan fingerprint density at radius 2 is 1.67 bits per heavy atom. The molecule has 0 spiro atoms. The summed E-state index contributed by atoms with van der Waals surface area (Å²) in [6, 6.07) is 10.7. The molecular formula is C15H13NO4S. The molecule has 2 rings (SSSR count). The number of phenolic OH excluding ortho intramolecular Hbond substituents is 1. The number of thioether (sulfide) groups is 1. The molecule has 0 fully saturated rings. The van der Waals surface area contributed by atoms with Gasteiger partial charge in [0.2, 0.25) is 0 Å². The molecule has 0 aliphatic rings. The van der Waals surface area contributed by atoms with Gasteiger partial charge in [-0.1, -0.05) is 0 Å². The van der Waals surface area contributed by atoms with Gasteiger partial charge in [0, 0.05) is 10.5 Å². The molecule has 0 aliphatic heterocycles. The van der Waals surface area contributed by atoms with Crippen molar-refractivity contribution in [1.29, 1.82) is 0 Å². The molecule has 0 saturated heterocycles. The molecule has 0 radical (unpaired) electrons. The van der Waals surface area contributed by atoms with Crippen molar-refractivity contribution in [2.45, 2.75) is 4.90 Å². The van der Waals surface area contributed by atoms with Gasteiger partial charge in [0.1, 0.15) is 5.75 Å². The standard InChI is InChI=1S/C15H13NO4S/c1-21-11-5-2-9(3-6-11)14(18)16-12-8-10(15(19)20)4-7-13(12)17/h2-8,17H,1H3,(H,16,18)(H,19,20). The number of carboxylic acids is 1. The van der Waals surface area contributed by atoms with Gasteiger partial charge in [0.25, 0.3) is 5.91 Å². The maximum atomic E-state index is 12.1. The molecule has 0 bridgehead atoms. The van der Waals surface area contributed by atoms with Crippen LogP contribution >= 0.6 is 11.8 Å². The zero-order chi connectivity index (χ0) is 15.4. The van der Waals surface area contributed by atoms with E-state index < -0.39 is 11.9 Å². The first-order chi connectivity index (χ1) is 10.0. The molecule has 1 amide bonds. The van der Waals surface area contributed by atoms with Crippen molar-refractivity contribution >= 4 is 29.3 Å². The molecule has 0 heterocycles. The first-order valence-electron chi connectivity index (χ1n) is 6.03. The number of carbonyl (C=O) groups is 2. The smallest absolute Gasteiger partial charge is 0.335 e. The van der Waals surface area contributed by atoms with Crippen molar-refractivity contribution < 1.29 is 19.8 Å². The molecular weight excluding hydrogens is 290 g/mol. The average Bonchev–Trinajstić information content (AvgIpc) is 2.49. The van der Waals surface area contributed by atoms with Crippen molar-refractivity contribution in [1.82, 2.24) is 0 Å². The summed E-state index contributed by atoms with van der Waals surface area (Å²) in [5.41, 5.74) is 0.475. The Hall–Kier alpha value is -2.47. The second-order valence-electron chi connectivity index (χ2n) is 4.22. The summed E-state index contributed by atoms with van der Waals surface area (Å²) < 4.78 is 0. The Labute approximate surface area is 125 Å². The van der Waals surface area contributed by atoms with Gasteiger partial charge in [-0.05, 0) is 48.7 Å². The van der Waals surface area contributed by atoms with Crippen LogP contribution in [0.5, 0.6) is 5.75 Å². The Morgan fingerprint density at radius 3 is 2.24 bits per heavy atom. The van der Waals surface area contributed by atoms with Crippen LogP contribution in [0, 0.1) is 0 Å². The quantitative estimate of drug-likeness (QED) is 0.597. The van der Waals surface area contributed by atoms with Crippen molar-refractivity contribution in [3.05, 3.63) is 53.6 Å². The number of benzene rings is 2. The summed E-state index contributed by atoms with van der Waals surface area (Å²) in [6.45, 7) is 0. The minimum Gasteiger partial charge on any atom is -0.506 e. The van der Waals surface area contributed by atoms with Crippen LogP contribution < -0.4 is 5.32 Å². The minimum atomic E-state index is -1.13. The lowest BCUT2D eigenvalue weighted by Gasteiger charge is -2.08. The fourth-order valence-electron chi connectivity index (χ4n) is 1.71. The predicted octanol–water partition coefficient (Wildman–Crippen LogP) is 3.06. The zero-order valence-electron chi connectivity index (χ0n) is 11.2. The van der Waals surface area contributed by atoms with E-state index in [-0.39, 0.29) is 17.0 Å². The molecule has 0 aliphatic carbocycles. The van der Waals surface area contributed by atoms with Crippen LogP contribution in [0.3, 0.4) is 0 Å². The maximum Gasteiger partial charge on any atom is 0.335 e. The third kappa shape index (κ3) is 3.55. The molecule has 2 aromatic carbocycles. The predicted molar refractivity (Wildman–Crippen MR) is 81.2 cm³/mol. The van der Waals surface area contributed by atoms with Crippen LogP contribution in [-0.4, -0.2) is 28.3 Å². The van der Waals surface area contributed by atoms with E-state index >= 15 is 0 Å². The molecule has 21 heavy (non-hydrogen) atoms. The Kier molecular flexibility index (Phi) is 4.49. The third-order valence-corrected chi connectivity index (χ3v) is 3.59. The second kappa shape index (κ2) is 6.32. The lowest BCUT2D eigenvalue weighted by atomic mass is 10.1. The number of phenols is 1. The maximum absolute atomic E-state index is 12.1.